The predicted octanol–water partition coefficient (Wildman–Crippen LogP) is 3.19. The number of nitrogens with one attached hydrogen (secondary N) is 1. The van der Waals surface area contributed by atoms with Crippen LogP contribution in [0, 0.1) is 5.92 Å². The molecular formula is C16H22BrN3O. The zero-order chi connectivity index (χ0) is 14.8. The molecule has 1 saturated heterocycles. The van der Waals surface area contributed by atoms with E-state index < -0.39 is 0 Å². The molecule has 0 bridgehead atoms. The smallest absolute Gasteiger partial charge is 0.133 e. The fraction of sp³-hybridized carbons (Fsp3) is 0.562. The first-order chi connectivity index (χ1) is 10.2. The third-order valence-electron chi connectivity index (χ3n) is 4.21. The molecule has 21 heavy (non-hydrogen) atoms. The normalized spacial score (nSPS) is 25.2. The summed E-state index contributed by atoms with van der Waals surface area (Å²) >= 11 is 3.62. The molecule has 0 amide bonds. The fourth-order valence-corrected chi connectivity index (χ4v) is 3.56. The first-order valence-corrected chi connectivity index (χ1v) is 8.41. The van der Waals surface area contributed by atoms with E-state index in [1.807, 2.05) is 0 Å². The van der Waals surface area contributed by atoms with Crippen molar-refractivity contribution in [2.45, 2.75) is 25.8 Å². The van der Waals surface area contributed by atoms with Crippen molar-refractivity contribution >= 4 is 21.6 Å². The van der Waals surface area contributed by atoms with E-state index in [0.717, 1.165) is 42.8 Å². The first kappa shape index (κ1) is 14.9. The minimum Gasteiger partial charge on any atom is -0.492 e. The lowest BCUT2D eigenvalue weighted by Gasteiger charge is -2.31. The average molecular weight is 352 g/mol. The highest BCUT2D eigenvalue weighted by Crippen LogP contribution is 2.35. The van der Waals surface area contributed by atoms with Gasteiger partial charge in [0.05, 0.1) is 17.1 Å². The highest BCUT2D eigenvalue weighted by molar-refractivity contribution is 9.10. The van der Waals surface area contributed by atoms with E-state index in [1.165, 1.54) is 11.3 Å². The van der Waals surface area contributed by atoms with Gasteiger partial charge in [-0.1, -0.05) is 13.0 Å². The van der Waals surface area contributed by atoms with Gasteiger partial charge in [0.1, 0.15) is 5.75 Å². The Morgan fingerprint density at radius 2 is 2.33 bits per heavy atom. The third-order valence-corrected chi connectivity index (χ3v) is 4.83. The molecule has 3 rings (SSSR count). The van der Waals surface area contributed by atoms with Gasteiger partial charge in [-0.05, 0) is 47.1 Å². The van der Waals surface area contributed by atoms with Gasteiger partial charge in [0.25, 0.3) is 0 Å². The van der Waals surface area contributed by atoms with E-state index >= 15 is 0 Å². The van der Waals surface area contributed by atoms with Crippen LogP contribution in [-0.2, 0) is 0 Å². The maximum atomic E-state index is 5.72. The molecule has 114 valence electrons. The summed E-state index contributed by atoms with van der Waals surface area (Å²) in [4.78, 5) is 2.39. The number of rotatable bonds is 4. The number of benzene rings is 1. The zero-order valence-electron chi connectivity index (χ0n) is 12.6. The summed E-state index contributed by atoms with van der Waals surface area (Å²) in [5.41, 5.74) is 5.91. The molecule has 2 unspecified atom stereocenters. The Labute approximate surface area is 134 Å². The molecule has 2 aliphatic rings. The SMILES string of the molecule is CCCOc1ccc(C2NN=C3CCN(C)CC32)cc1Br. The van der Waals surface area contributed by atoms with Gasteiger partial charge in [-0.2, -0.15) is 5.10 Å². The van der Waals surface area contributed by atoms with Crippen molar-refractivity contribution in [2.24, 2.45) is 11.0 Å². The van der Waals surface area contributed by atoms with E-state index in [0.29, 0.717) is 5.92 Å². The Kier molecular flexibility index (Phi) is 4.50. The van der Waals surface area contributed by atoms with Crippen LogP contribution in [0.4, 0.5) is 0 Å². The van der Waals surface area contributed by atoms with Crippen LogP contribution in [0.25, 0.3) is 0 Å². The standard InChI is InChI=1S/C16H22BrN3O/c1-3-8-21-15-5-4-11(9-13(15)17)16-12-10-20(2)7-6-14(12)18-19-16/h4-5,9,12,16,19H,3,6-8,10H2,1-2H3. The van der Waals surface area contributed by atoms with Crippen LogP contribution in [0.2, 0.25) is 0 Å². The Morgan fingerprint density at radius 3 is 3.10 bits per heavy atom. The molecule has 0 aliphatic carbocycles. The summed E-state index contributed by atoms with van der Waals surface area (Å²) < 4.78 is 6.74. The van der Waals surface area contributed by atoms with Crippen molar-refractivity contribution < 1.29 is 4.74 Å². The Hall–Kier alpha value is -1.07. The molecule has 2 aliphatic heterocycles. The number of ether oxygens (including phenoxy) is 1. The lowest BCUT2D eigenvalue weighted by molar-refractivity contribution is 0.272. The molecule has 0 saturated carbocycles. The summed E-state index contributed by atoms with van der Waals surface area (Å²) in [6.07, 6.45) is 2.09. The average Bonchev–Trinajstić information content (AvgIpc) is 2.89. The van der Waals surface area contributed by atoms with E-state index in [-0.39, 0.29) is 6.04 Å². The Morgan fingerprint density at radius 1 is 1.48 bits per heavy atom. The van der Waals surface area contributed by atoms with Gasteiger partial charge in [-0.15, -0.1) is 0 Å². The minimum atomic E-state index is 0.277. The molecule has 1 fully saturated rings. The van der Waals surface area contributed by atoms with Gasteiger partial charge in [0, 0.05) is 31.1 Å². The molecule has 0 spiro atoms. The fourth-order valence-electron chi connectivity index (χ4n) is 3.05. The molecule has 0 radical (unpaired) electrons. The van der Waals surface area contributed by atoms with Crippen molar-refractivity contribution in [1.82, 2.24) is 10.3 Å². The van der Waals surface area contributed by atoms with Crippen LogP contribution >= 0.6 is 15.9 Å². The van der Waals surface area contributed by atoms with Crippen LogP contribution < -0.4 is 10.2 Å². The van der Waals surface area contributed by atoms with Gasteiger partial charge in [-0.3, -0.25) is 0 Å². The molecule has 0 aromatic heterocycles. The molecule has 2 heterocycles. The topological polar surface area (TPSA) is 36.9 Å². The second-order valence-electron chi connectivity index (χ2n) is 5.87. The van der Waals surface area contributed by atoms with Gasteiger partial charge >= 0.3 is 0 Å². The molecule has 5 heteroatoms. The van der Waals surface area contributed by atoms with Crippen molar-refractivity contribution in [1.29, 1.82) is 0 Å². The summed E-state index contributed by atoms with van der Waals surface area (Å²) in [5.74, 6) is 1.40. The largest absolute Gasteiger partial charge is 0.492 e. The van der Waals surface area contributed by atoms with Gasteiger partial charge in [0.15, 0.2) is 0 Å². The maximum Gasteiger partial charge on any atom is 0.133 e. The number of hydrogen-bond donors (Lipinski definition) is 1. The molecular weight excluding hydrogens is 330 g/mol. The van der Waals surface area contributed by atoms with Crippen molar-refractivity contribution in [3.05, 3.63) is 28.2 Å². The number of nitrogens with zero attached hydrogens (tertiary/aromatic N) is 2. The van der Waals surface area contributed by atoms with Crippen LogP contribution in [-0.4, -0.2) is 37.4 Å². The Bertz CT molecular complexity index is 546. The van der Waals surface area contributed by atoms with Crippen molar-refractivity contribution in [2.75, 3.05) is 26.7 Å². The molecule has 1 N–H and O–H groups in total. The van der Waals surface area contributed by atoms with E-state index in [4.69, 9.17) is 4.74 Å². The summed E-state index contributed by atoms with van der Waals surface area (Å²) in [6, 6.07) is 6.65. The van der Waals surface area contributed by atoms with Crippen LogP contribution in [0.1, 0.15) is 31.4 Å². The number of piperidine rings is 1. The zero-order valence-corrected chi connectivity index (χ0v) is 14.2. The quantitative estimate of drug-likeness (QED) is 0.904. The second-order valence-corrected chi connectivity index (χ2v) is 6.72. The summed E-state index contributed by atoms with van der Waals surface area (Å²) in [6.45, 7) is 5.04. The first-order valence-electron chi connectivity index (χ1n) is 7.61. The maximum absolute atomic E-state index is 5.72. The van der Waals surface area contributed by atoms with E-state index in [2.05, 4.69) is 63.5 Å². The van der Waals surface area contributed by atoms with E-state index in [9.17, 15) is 0 Å². The summed E-state index contributed by atoms with van der Waals surface area (Å²) in [5, 5.41) is 4.55. The predicted molar refractivity (Wildman–Crippen MR) is 88.8 cm³/mol. The lowest BCUT2D eigenvalue weighted by Crippen LogP contribution is -2.39. The highest BCUT2D eigenvalue weighted by Gasteiger charge is 2.36. The van der Waals surface area contributed by atoms with E-state index in [1.54, 1.807) is 0 Å². The number of hydrazone groups is 1. The second kappa shape index (κ2) is 6.36. The number of hydrogen-bond acceptors (Lipinski definition) is 4. The van der Waals surface area contributed by atoms with Gasteiger partial charge in [-0.25, -0.2) is 0 Å². The van der Waals surface area contributed by atoms with Crippen LogP contribution in [0.15, 0.2) is 27.8 Å². The lowest BCUT2D eigenvalue weighted by atomic mass is 9.86. The molecule has 1 aromatic rings. The number of fused-ring (bicyclic) bond motifs is 1. The molecule has 2 atom stereocenters. The number of halogens is 1. The Balaban J connectivity index is 1.77. The monoisotopic (exact) mass is 351 g/mol. The van der Waals surface area contributed by atoms with Gasteiger partial charge in [0.2, 0.25) is 0 Å². The molecule has 1 aromatic carbocycles. The van der Waals surface area contributed by atoms with Crippen LogP contribution in [0.5, 0.6) is 5.75 Å². The summed E-state index contributed by atoms with van der Waals surface area (Å²) in [7, 11) is 2.18. The minimum absolute atomic E-state index is 0.277. The van der Waals surface area contributed by atoms with Crippen molar-refractivity contribution in [3.8, 4) is 5.75 Å². The van der Waals surface area contributed by atoms with Gasteiger partial charge < -0.3 is 15.1 Å². The number of likely N-dealkylation sites (tertiary alicyclic amines) is 1. The third kappa shape index (κ3) is 3.09. The highest BCUT2D eigenvalue weighted by atomic mass is 79.9. The van der Waals surface area contributed by atoms with Crippen molar-refractivity contribution in [3.63, 3.8) is 0 Å². The van der Waals surface area contributed by atoms with Crippen LogP contribution in [0.3, 0.4) is 0 Å². The molecule has 4 nitrogen and oxygen atoms in total.